The van der Waals surface area contributed by atoms with Gasteiger partial charge >= 0.3 is 0 Å². The number of benzene rings is 3. The maximum atomic E-state index is 11.9. The van der Waals surface area contributed by atoms with Gasteiger partial charge in [-0.15, -0.1) is 0 Å². The highest BCUT2D eigenvalue weighted by atomic mass is 79.9. The molecule has 0 aliphatic rings. The molecule has 6 heteroatoms. The first kappa shape index (κ1) is 19.3. The number of hydrogen-bond acceptors (Lipinski definition) is 3. The van der Waals surface area contributed by atoms with Crippen LogP contribution in [0, 0.1) is 0 Å². The second-order valence-corrected chi connectivity index (χ2v) is 7.44. The number of hydrogen-bond donors (Lipinski definition) is 1. The molecule has 0 atom stereocenters. The SMILES string of the molecule is O=C(N/N=C/c1ccc(OCc2ccc(Br)cc2)c(Br)c1)c1ccccc1. The van der Waals surface area contributed by atoms with Crippen LogP contribution in [0.5, 0.6) is 5.75 Å². The number of nitrogens with one attached hydrogen (secondary N) is 1. The van der Waals surface area contributed by atoms with Crippen LogP contribution in [0.25, 0.3) is 0 Å². The van der Waals surface area contributed by atoms with Crippen LogP contribution in [-0.2, 0) is 6.61 Å². The quantitative estimate of drug-likeness (QED) is 0.365. The Labute approximate surface area is 174 Å². The highest BCUT2D eigenvalue weighted by molar-refractivity contribution is 9.10. The second kappa shape index (κ2) is 9.48. The van der Waals surface area contributed by atoms with Gasteiger partial charge in [0, 0.05) is 10.0 Å². The van der Waals surface area contributed by atoms with Crippen LogP contribution in [0.1, 0.15) is 21.5 Å². The molecule has 27 heavy (non-hydrogen) atoms. The van der Waals surface area contributed by atoms with Crippen molar-refractivity contribution in [1.82, 2.24) is 5.43 Å². The summed E-state index contributed by atoms with van der Waals surface area (Å²) in [4.78, 5) is 11.9. The van der Waals surface area contributed by atoms with Crippen LogP contribution in [-0.4, -0.2) is 12.1 Å². The summed E-state index contributed by atoms with van der Waals surface area (Å²) in [5.41, 5.74) is 5.00. The van der Waals surface area contributed by atoms with Crippen molar-refractivity contribution in [3.05, 3.63) is 98.4 Å². The van der Waals surface area contributed by atoms with Gasteiger partial charge in [0.05, 0.1) is 10.7 Å². The van der Waals surface area contributed by atoms with E-state index in [9.17, 15) is 4.79 Å². The zero-order chi connectivity index (χ0) is 19.1. The van der Waals surface area contributed by atoms with Crippen molar-refractivity contribution in [1.29, 1.82) is 0 Å². The number of carbonyl (C=O) groups is 1. The fourth-order valence-corrected chi connectivity index (χ4v) is 3.05. The largest absolute Gasteiger partial charge is 0.488 e. The summed E-state index contributed by atoms with van der Waals surface area (Å²) >= 11 is 6.93. The van der Waals surface area contributed by atoms with Crippen LogP contribution in [0.4, 0.5) is 0 Å². The number of rotatable bonds is 6. The topological polar surface area (TPSA) is 50.7 Å². The highest BCUT2D eigenvalue weighted by Crippen LogP contribution is 2.26. The molecule has 0 saturated carbocycles. The summed E-state index contributed by atoms with van der Waals surface area (Å²) in [6, 6.07) is 22.6. The van der Waals surface area contributed by atoms with E-state index in [0.29, 0.717) is 12.2 Å². The maximum Gasteiger partial charge on any atom is 0.271 e. The zero-order valence-corrected chi connectivity index (χ0v) is 17.4. The number of hydrazone groups is 1. The van der Waals surface area contributed by atoms with Gasteiger partial charge in [0.15, 0.2) is 0 Å². The number of amides is 1. The van der Waals surface area contributed by atoms with E-state index in [2.05, 4.69) is 42.4 Å². The minimum Gasteiger partial charge on any atom is -0.488 e. The summed E-state index contributed by atoms with van der Waals surface area (Å²) < 4.78 is 7.70. The molecule has 3 rings (SSSR count). The summed E-state index contributed by atoms with van der Waals surface area (Å²) in [7, 11) is 0. The predicted octanol–water partition coefficient (Wildman–Crippen LogP) is 5.55. The Hall–Kier alpha value is -2.44. The minimum atomic E-state index is -0.250. The van der Waals surface area contributed by atoms with Crippen LogP contribution < -0.4 is 10.2 Å². The third-order valence-electron chi connectivity index (χ3n) is 3.68. The third kappa shape index (κ3) is 5.77. The Morgan fingerprint density at radius 2 is 1.74 bits per heavy atom. The van der Waals surface area contributed by atoms with E-state index in [1.807, 2.05) is 60.7 Å². The van der Waals surface area contributed by atoms with Crippen LogP contribution >= 0.6 is 31.9 Å². The average molecular weight is 488 g/mol. The van der Waals surface area contributed by atoms with E-state index < -0.39 is 0 Å². The molecule has 1 N–H and O–H groups in total. The van der Waals surface area contributed by atoms with Gasteiger partial charge in [-0.05, 0) is 69.5 Å². The Morgan fingerprint density at radius 3 is 2.44 bits per heavy atom. The van der Waals surface area contributed by atoms with Gasteiger partial charge in [-0.25, -0.2) is 5.43 Å². The lowest BCUT2D eigenvalue weighted by Crippen LogP contribution is -2.17. The first-order chi connectivity index (χ1) is 13.1. The molecule has 0 fully saturated rings. The fraction of sp³-hybridized carbons (Fsp3) is 0.0476. The van der Waals surface area contributed by atoms with Crippen molar-refractivity contribution in [2.45, 2.75) is 6.61 Å². The van der Waals surface area contributed by atoms with Crippen LogP contribution in [0.15, 0.2) is 86.8 Å². The third-order valence-corrected chi connectivity index (χ3v) is 4.83. The second-order valence-electron chi connectivity index (χ2n) is 5.67. The van der Waals surface area contributed by atoms with E-state index in [0.717, 1.165) is 25.8 Å². The van der Waals surface area contributed by atoms with Crippen molar-refractivity contribution in [2.75, 3.05) is 0 Å². The molecule has 0 radical (unpaired) electrons. The molecule has 1 amide bonds. The molecule has 0 aliphatic carbocycles. The maximum absolute atomic E-state index is 11.9. The summed E-state index contributed by atoms with van der Waals surface area (Å²) in [6.07, 6.45) is 1.59. The smallest absolute Gasteiger partial charge is 0.271 e. The van der Waals surface area contributed by atoms with Crippen molar-refractivity contribution < 1.29 is 9.53 Å². The number of carbonyl (C=O) groups excluding carboxylic acids is 1. The Kier molecular flexibility index (Phi) is 6.79. The van der Waals surface area contributed by atoms with Gasteiger partial charge in [0.25, 0.3) is 5.91 Å². The summed E-state index contributed by atoms with van der Waals surface area (Å²) in [5.74, 6) is 0.490. The lowest BCUT2D eigenvalue weighted by Gasteiger charge is -2.09. The normalized spacial score (nSPS) is 10.7. The van der Waals surface area contributed by atoms with Crippen molar-refractivity contribution >= 4 is 44.0 Å². The van der Waals surface area contributed by atoms with E-state index in [-0.39, 0.29) is 5.91 Å². The first-order valence-corrected chi connectivity index (χ1v) is 9.76. The Bertz CT molecular complexity index is 942. The molecule has 0 aliphatic heterocycles. The molecule has 0 heterocycles. The van der Waals surface area contributed by atoms with Gasteiger partial charge in [-0.2, -0.15) is 5.10 Å². The van der Waals surface area contributed by atoms with Crippen molar-refractivity contribution in [2.24, 2.45) is 5.10 Å². The molecular weight excluding hydrogens is 472 g/mol. The lowest BCUT2D eigenvalue weighted by molar-refractivity contribution is 0.0955. The first-order valence-electron chi connectivity index (χ1n) is 8.17. The van der Waals surface area contributed by atoms with E-state index >= 15 is 0 Å². The minimum absolute atomic E-state index is 0.250. The number of nitrogens with zero attached hydrogens (tertiary/aromatic N) is 1. The Morgan fingerprint density at radius 1 is 1.00 bits per heavy atom. The van der Waals surface area contributed by atoms with Gasteiger partial charge in [-0.1, -0.05) is 46.3 Å². The molecule has 3 aromatic rings. The Balaban J connectivity index is 1.57. The highest BCUT2D eigenvalue weighted by Gasteiger charge is 2.04. The van der Waals surface area contributed by atoms with Crippen molar-refractivity contribution in [3.8, 4) is 5.75 Å². The molecule has 4 nitrogen and oxygen atoms in total. The predicted molar refractivity (Wildman–Crippen MR) is 114 cm³/mol. The molecule has 0 spiro atoms. The molecule has 0 aromatic heterocycles. The molecule has 0 bridgehead atoms. The van der Waals surface area contributed by atoms with E-state index in [4.69, 9.17) is 4.74 Å². The van der Waals surface area contributed by atoms with E-state index in [1.54, 1.807) is 18.3 Å². The van der Waals surface area contributed by atoms with Crippen molar-refractivity contribution in [3.63, 3.8) is 0 Å². The van der Waals surface area contributed by atoms with Gasteiger partial charge in [0.2, 0.25) is 0 Å². The number of halogens is 2. The fourth-order valence-electron chi connectivity index (χ4n) is 2.28. The van der Waals surface area contributed by atoms with E-state index in [1.165, 1.54) is 0 Å². The summed E-state index contributed by atoms with van der Waals surface area (Å²) in [5, 5.41) is 4.00. The van der Waals surface area contributed by atoms with Gasteiger partial charge in [-0.3, -0.25) is 4.79 Å². The summed E-state index contributed by atoms with van der Waals surface area (Å²) in [6.45, 7) is 0.479. The molecule has 0 unspecified atom stereocenters. The molecular formula is C21H16Br2N2O2. The lowest BCUT2D eigenvalue weighted by atomic mass is 10.2. The molecule has 3 aromatic carbocycles. The van der Waals surface area contributed by atoms with Gasteiger partial charge in [0.1, 0.15) is 12.4 Å². The molecule has 0 saturated heterocycles. The van der Waals surface area contributed by atoms with Crippen LogP contribution in [0.2, 0.25) is 0 Å². The van der Waals surface area contributed by atoms with Gasteiger partial charge < -0.3 is 4.74 Å². The molecule has 136 valence electrons. The number of ether oxygens (including phenoxy) is 1. The standard InChI is InChI=1S/C21H16Br2N2O2/c22-18-9-6-15(7-10-18)14-27-20-11-8-16(12-19(20)23)13-24-25-21(26)17-4-2-1-3-5-17/h1-13H,14H2,(H,25,26)/b24-13+. The monoisotopic (exact) mass is 486 g/mol. The zero-order valence-electron chi connectivity index (χ0n) is 14.2. The average Bonchev–Trinajstić information content (AvgIpc) is 2.69. The van der Waals surface area contributed by atoms with Crippen LogP contribution in [0.3, 0.4) is 0 Å².